The van der Waals surface area contributed by atoms with E-state index >= 15 is 0 Å². The highest BCUT2D eigenvalue weighted by Crippen LogP contribution is 2.32. The van der Waals surface area contributed by atoms with Gasteiger partial charge in [0.1, 0.15) is 10.7 Å². The van der Waals surface area contributed by atoms with Crippen molar-refractivity contribution in [3.63, 3.8) is 0 Å². The predicted octanol–water partition coefficient (Wildman–Crippen LogP) is 4.02. The van der Waals surface area contributed by atoms with Gasteiger partial charge in [0.2, 0.25) is 0 Å². The van der Waals surface area contributed by atoms with E-state index in [4.69, 9.17) is 9.47 Å². The second kappa shape index (κ2) is 9.45. The molecular weight excluding hydrogens is 395 g/mol. The SMILES string of the molecule is COc1cc(F)c(S(=O)(=O)Nc2ccc(CN3CCCCCC3)cc2)cc1OC. The summed E-state index contributed by atoms with van der Waals surface area (Å²) >= 11 is 0. The molecule has 1 saturated heterocycles. The summed E-state index contributed by atoms with van der Waals surface area (Å²) in [4.78, 5) is 1.93. The molecule has 0 unspecified atom stereocenters. The Morgan fingerprint density at radius 2 is 1.55 bits per heavy atom. The molecule has 2 aromatic carbocycles. The van der Waals surface area contributed by atoms with Crippen molar-refractivity contribution >= 4 is 15.7 Å². The second-order valence-electron chi connectivity index (χ2n) is 7.13. The van der Waals surface area contributed by atoms with Crippen molar-refractivity contribution in [2.45, 2.75) is 37.1 Å². The van der Waals surface area contributed by atoms with E-state index in [-0.39, 0.29) is 11.5 Å². The van der Waals surface area contributed by atoms with Gasteiger partial charge in [-0.05, 0) is 43.6 Å². The molecule has 29 heavy (non-hydrogen) atoms. The molecule has 1 heterocycles. The smallest absolute Gasteiger partial charge is 0.264 e. The molecule has 3 rings (SSSR count). The first kappa shape index (κ1) is 21.4. The quantitative estimate of drug-likeness (QED) is 0.730. The van der Waals surface area contributed by atoms with Crippen LogP contribution in [0.4, 0.5) is 10.1 Å². The Bertz CT molecular complexity index is 924. The van der Waals surface area contributed by atoms with Crippen molar-refractivity contribution in [3.8, 4) is 11.5 Å². The van der Waals surface area contributed by atoms with Crippen LogP contribution in [0.3, 0.4) is 0 Å². The lowest BCUT2D eigenvalue weighted by Gasteiger charge is -2.20. The van der Waals surface area contributed by atoms with E-state index in [2.05, 4.69) is 9.62 Å². The number of benzene rings is 2. The van der Waals surface area contributed by atoms with Crippen molar-refractivity contribution in [1.82, 2.24) is 4.90 Å². The van der Waals surface area contributed by atoms with Crippen molar-refractivity contribution in [2.24, 2.45) is 0 Å². The van der Waals surface area contributed by atoms with Crippen molar-refractivity contribution in [1.29, 1.82) is 0 Å². The molecule has 1 aliphatic heterocycles. The maximum atomic E-state index is 14.3. The van der Waals surface area contributed by atoms with Gasteiger partial charge >= 0.3 is 0 Å². The summed E-state index contributed by atoms with van der Waals surface area (Å²) in [5, 5.41) is 0. The van der Waals surface area contributed by atoms with E-state index in [1.54, 1.807) is 12.1 Å². The minimum Gasteiger partial charge on any atom is -0.493 e. The van der Waals surface area contributed by atoms with E-state index in [1.807, 2.05) is 12.1 Å². The first-order valence-electron chi connectivity index (χ1n) is 9.68. The lowest BCUT2D eigenvalue weighted by Crippen LogP contribution is -2.23. The number of nitrogens with zero attached hydrogens (tertiary/aromatic N) is 1. The molecule has 6 nitrogen and oxygen atoms in total. The summed E-state index contributed by atoms with van der Waals surface area (Å²) < 4.78 is 52.2. The van der Waals surface area contributed by atoms with Crippen LogP contribution in [0.15, 0.2) is 41.3 Å². The normalized spacial score (nSPS) is 15.6. The molecule has 0 atom stereocenters. The number of anilines is 1. The zero-order valence-corrected chi connectivity index (χ0v) is 17.6. The molecule has 0 radical (unpaired) electrons. The van der Waals surface area contributed by atoms with Gasteiger partial charge in [0, 0.05) is 24.4 Å². The van der Waals surface area contributed by atoms with Crippen molar-refractivity contribution in [2.75, 3.05) is 32.0 Å². The molecule has 1 fully saturated rings. The Kier molecular flexibility index (Phi) is 6.97. The van der Waals surface area contributed by atoms with Crippen molar-refractivity contribution < 1.29 is 22.3 Å². The minimum absolute atomic E-state index is 0.127. The summed E-state index contributed by atoms with van der Waals surface area (Å²) in [7, 11) is -1.40. The fourth-order valence-corrected chi connectivity index (χ4v) is 4.62. The fourth-order valence-electron chi connectivity index (χ4n) is 3.48. The van der Waals surface area contributed by atoms with Gasteiger partial charge < -0.3 is 9.47 Å². The first-order chi connectivity index (χ1) is 13.9. The average molecular weight is 423 g/mol. The standard InChI is InChI=1S/C21H27FN2O4S/c1-27-19-13-18(22)21(14-20(19)28-2)29(25,26)23-17-9-7-16(8-10-17)15-24-11-5-3-4-6-12-24/h7-10,13-14,23H,3-6,11-12,15H2,1-2H3. The van der Waals surface area contributed by atoms with E-state index in [9.17, 15) is 12.8 Å². The molecule has 2 aromatic rings. The van der Waals surface area contributed by atoms with Crippen LogP contribution in [0, 0.1) is 5.82 Å². The summed E-state index contributed by atoms with van der Waals surface area (Å²) in [6.45, 7) is 3.03. The molecule has 0 saturated carbocycles. The van der Waals surface area contributed by atoms with Crippen LogP contribution < -0.4 is 14.2 Å². The topological polar surface area (TPSA) is 67.9 Å². The number of sulfonamides is 1. The maximum absolute atomic E-state index is 14.3. The Morgan fingerprint density at radius 1 is 0.966 bits per heavy atom. The van der Waals surface area contributed by atoms with E-state index in [1.165, 1.54) is 39.9 Å². The van der Waals surface area contributed by atoms with Gasteiger partial charge in [-0.1, -0.05) is 25.0 Å². The van der Waals surface area contributed by atoms with E-state index in [0.717, 1.165) is 37.3 Å². The molecule has 0 bridgehead atoms. The molecule has 158 valence electrons. The molecule has 0 amide bonds. The highest BCUT2D eigenvalue weighted by atomic mass is 32.2. The Labute approximate surface area is 171 Å². The summed E-state index contributed by atoms with van der Waals surface area (Å²) in [5.74, 6) is -0.642. The van der Waals surface area contributed by atoms with Crippen LogP contribution in [-0.2, 0) is 16.6 Å². The number of likely N-dealkylation sites (tertiary alicyclic amines) is 1. The molecule has 0 aliphatic carbocycles. The van der Waals surface area contributed by atoms with E-state index in [0.29, 0.717) is 5.69 Å². The predicted molar refractivity (Wildman–Crippen MR) is 110 cm³/mol. The number of halogens is 1. The number of ether oxygens (including phenoxy) is 2. The number of rotatable bonds is 7. The summed E-state index contributed by atoms with van der Waals surface area (Å²) in [5.41, 5.74) is 1.49. The molecule has 1 N–H and O–H groups in total. The number of hydrogen-bond acceptors (Lipinski definition) is 5. The number of hydrogen-bond donors (Lipinski definition) is 1. The maximum Gasteiger partial charge on any atom is 0.264 e. The average Bonchev–Trinajstić information content (AvgIpc) is 2.97. The third-order valence-corrected chi connectivity index (χ3v) is 6.43. The third kappa shape index (κ3) is 5.39. The van der Waals surface area contributed by atoms with Gasteiger partial charge in [-0.15, -0.1) is 0 Å². The van der Waals surface area contributed by atoms with Gasteiger partial charge in [-0.3, -0.25) is 9.62 Å². The highest BCUT2D eigenvalue weighted by Gasteiger charge is 2.23. The Balaban J connectivity index is 1.73. The fraction of sp³-hybridized carbons (Fsp3) is 0.429. The van der Waals surface area contributed by atoms with Gasteiger partial charge in [-0.25, -0.2) is 12.8 Å². The highest BCUT2D eigenvalue weighted by molar-refractivity contribution is 7.92. The van der Waals surface area contributed by atoms with Crippen LogP contribution in [0.5, 0.6) is 11.5 Å². The van der Waals surface area contributed by atoms with E-state index < -0.39 is 20.7 Å². The van der Waals surface area contributed by atoms with Crippen LogP contribution in [0.2, 0.25) is 0 Å². The summed E-state index contributed by atoms with van der Waals surface area (Å²) in [6, 6.07) is 9.30. The Morgan fingerprint density at radius 3 is 2.14 bits per heavy atom. The zero-order valence-electron chi connectivity index (χ0n) is 16.8. The van der Waals surface area contributed by atoms with Gasteiger partial charge in [0.25, 0.3) is 10.0 Å². The first-order valence-corrected chi connectivity index (χ1v) is 11.2. The number of methoxy groups -OCH3 is 2. The molecule has 1 aliphatic rings. The molecule has 0 aromatic heterocycles. The van der Waals surface area contributed by atoms with Gasteiger partial charge in [0.15, 0.2) is 11.5 Å². The monoisotopic (exact) mass is 422 g/mol. The van der Waals surface area contributed by atoms with Gasteiger partial charge in [0.05, 0.1) is 14.2 Å². The lowest BCUT2D eigenvalue weighted by molar-refractivity contribution is 0.277. The molecule has 0 spiro atoms. The minimum atomic E-state index is -4.12. The second-order valence-corrected chi connectivity index (χ2v) is 8.78. The van der Waals surface area contributed by atoms with Crippen LogP contribution in [-0.4, -0.2) is 40.6 Å². The zero-order chi connectivity index (χ0) is 20.9. The van der Waals surface area contributed by atoms with Gasteiger partial charge in [-0.2, -0.15) is 0 Å². The number of nitrogens with one attached hydrogen (secondary N) is 1. The lowest BCUT2D eigenvalue weighted by atomic mass is 10.2. The third-order valence-electron chi connectivity index (χ3n) is 5.04. The molecule has 8 heteroatoms. The van der Waals surface area contributed by atoms with Crippen LogP contribution in [0.25, 0.3) is 0 Å². The Hall–Kier alpha value is -2.32. The summed E-state index contributed by atoms with van der Waals surface area (Å²) in [6.07, 6.45) is 5.00. The van der Waals surface area contributed by atoms with Crippen LogP contribution >= 0.6 is 0 Å². The van der Waals surface area contributed by atoms with Crippen LogP contribution in [0.1, 0.15) is 31.2 Å². The largest absolute Gasteiger partial charge is 0.493 e. The molecular formula is C21H27FN2O4S. The van der Waals surface area contributed by atoms with Crippen molar-refractivity contribution in [3.05, 3.63) is 47.8 Å².